The van der Waals surface area contributed by atoms with Crippen molar-refractivity contribution in [2.45, 2.75) is 0 Å². The molecular weight excluding hydrogens is 675 g/mol. The summed E-state index contributed by atoms with van der Waals surface area (Å²) < 4.78 is 7.46. The monoisotopic (exact) mass is 705 g/mol. The van der Waals surface area contributed by atoms with Crippen molar-refractivity contribution in [3.05, 3.63) is 188 Å². The van der Waals surface area contributed by atoms with Gasteiger partial charge in [0.05, 0.1) is 33.6 Å². The standard InChI is InChI=1S/C50H31N3S/c1-2-13-36(14-3-1)52-45-26-24-34(31-47(45)51-28-27-32-11-9-21-46(52)49(32)51)33-23-25-44-42(30-33)39-16-4-6-20-43(39)53(44)37-15-8-12-35(29-37)38-18-10-19-41-40-17-5-7-22-48(40)54-50(38)41/h1-31H. The number of para-hydroxylation sites is 3. The van der Waals surface area contributed by atoms with Crippen LogP contribution in [0.1, 0.15) is 0 Å². The third-order valence-corrected chi connectivity index (χ3v) is 12.5. The smallest absolute Gasteiger partial charge is 0.0771 e. The Labute approximate surface area is 315 Å². The Kier molecular flexibility index (Phi) is 6.21. The topological polar surface area (TPSA) is 13.1 Å². The maximum Gasteiger partial charge on any atom is 0.0771 e. The minimum atomic E-state index is 1.16. The fraction of sp³-hybridized carbons (Fsp3) is 0. The molecular formula is C50H31N3S. The van der Waals surface area contributed by atoms with Gasteiger partial charge in [0.25, 0.3) is 0 Å². The summed E-state index contributed by atoms with van der Waals surface area (Å²) >= 11 is 1.88. The summed E-state index contributed by atoms with van der Waals surface area (Å²) in [6.07, 6.45) is 2.21. The second-order valence-electron chi connectivity index (χ2n) is 14.2. The number of aromatic nitrogens is 2. The van der Waals surface area contributed by atoms with Crippen molar-refractivity contribution in [2.24, 2.45) is 0 Å². The molecule has 3 aromatic heterocycles. The van der Waals surface area contributed by atoms with Crippen LogP contribution in [-0.2, 0) is 0 Å². The lowest BCUT2D eigenvalue weighted by atomic mass is 10.00. The number of anilines is 3. The zero-order chi connectivity index (χ0) is 35.3. The maximum absolute atomic E-state index is 2.43. The minimum absolute atomic E-state index is 1.16. The van der Waals surface area contributed by atoms with Crippen LogP contribution in [0.4, 0.5) is 17.1 Å². The second kappa shape index (κ2) is 11.3. The van der Waals surface area contributed by atoms with Gasteiger partial charge < -0.3 is 14.0 Å². The number of thiophene rings is 1. The molecule has 252 valence electrons. The van der Waals surface area contributed by atoms with E-state index in [4.69, 9.17) is 0 Å². The van der Waals surface area contributed by atoms with Gasteiger partial charge in [-0.2, -0.15) is 0 Å². The van der Waals surface area contributed by atoms with E-state index < -0.39 is 0 Å². The summed E-state index contributed by atoms with van der Waals surface area (Å²) in [5, 5.41) is 6.39. The highest BCUT2D eigenvalue weighted by molar-refractivity contribution is 7.26. The molecule has 4 heteroatoms. The zero-order valence-electron chi connectivity index (χ0n) is 29.1. The summed E-state index contributed by atoms with van der Waals surface area (Å²) in [7, 11) is 0. The second-order valence-corrected chi connectivity index (χ2v) is 15.2. The van der Waals surface area contributed by atoms with Crippen LogP contribution in [0.15, 0.2) is 188 Å². The van der Waals surface area contributed by atoms with E-state index in [1.54, 1.807) is 0 Å². The van der Waals surface area contributed by atoms with Gasteiger partial charge in [0, 0.05) is 53.9 Å². The Morgan fingerprint density at radius 2 is 1.15 bits per heavy atom. The van der Waals surface area contributed by atoms with Gasteiger partial charge in [-0.25, -0.2) is 0 Å². The lowest BCUT2D eigenvalue weighted by molar-refractivity contribution is 1.08. The van der Waals surface area contributed by atoms with Crippen molar-refractivity contribution in [1.29, 1.82) is 0 Å². The molecule has 54 heavy (non-hydrogen) atoms. The lowest BCUT2D eigenvalue weighted by Crippen LogP contribution is -2.17. The van der Waals surface area contributed by atoms with Crippen molar-refractivity contribution in [1.82, 2.24) is 9.13 Å². The van der Waals surface area contributed by atoms with E-state index in [9.17, 15) is 0 Å². The molecule has 1 aliphatic heterocycles. The lowest BCUT2D eigenvalue weighted by Gasteiger charge is -2.33. The summed E-state index contributed by atoms with van der Waals surface area (Å²) in [5.41, 5.74) is 14.4. The average Bonchev–Trinajstić information content (AvgIpc) is 3.94. The molecule has 0 bridgehead atoms. The van der Waals surface area contributed by atoms with Crippen molar-refractivity contribution in [3.63, 3.8) is 0 Å². The number of hydrogen-bond donors (Lipinski definition) is 0. The third kappa shape index (κ3) is 4.23. The van der Waals surface area contributed by atoms with E-state index in [1.165, 1.54) is 92.2 Å². The normalized spacial score (nSPS) is 12.4. The quantitative estimate of drug-likeness (QED) is 0.178. The van der Waals surface area contributed by atoms with Gasteiger partial charge >= 0.3 is 0 Å². The maximum atomic E-state index is 2.43. The SMILES string of the molecule is c1ccc(N2c3ccc(-c4ccc5c(c4)c4ccccc4n5-c4cccc(-c5cccc6c5sc5ccccc56)c4)cc3-n3ccc4cccc2c43)cc1. The first-order chi connectivity index (χ1) is 26.8. The summed E-state index contributed by atoms with van der Waals surface area (Å²) in [5.74, 6) is 0. The Balaban J connectivity index is 1.01. The molecule has 0 saturated carbocycles. The van der Waals surface area contributed by atoms with Crippen molar-refractivity contribution in [2.75, 3.05) is 4.90 Å². The fourth-order valence-electron chi connectivity index (χ4n) is 8.84. The van der Waals surface area contributed by atoms with Gasteiger partial charge in [-0.3, -0.25) is 0 Å². The molecule has 12 rings (SSSR count). The zero-order valence-corrected chi connectivity index (χ0v) is 30.0. The first kappa shape index (κ1) is 29.7. The van der Waals surface area contributed by atoms with Crippen LogP contribution in [0.25, 0.3) is 86.5 Å². The van der Waals surface area contributed by atoms with E-state index in [-0.39, 0.29) is 0 Å². The van der Waals surface area contributed by atoms with Gasteiger partial charge in [0.1, 0.15) is 0 Å². The highest BCUT2D eigenvalue weighted by Crippen LogP contribution is 2.48. The van der Waals surface area contributed by atoms with Crippen LogP contribution >= 0.6 is 11.3 Å². The molecule has 0 saturated heterocycles. The molecule has 0 aliphatic carbocycles. The summed E-state index contributed by atoms with van der Waals surface area (Å²) in [6.45, 7) is 0. The van der Waals surface area contributed by atoms with E-state index in [1.807, 2.05) is 11.3 Å². The number of hydrogen-bond acceptors (Lipinski definition) is 2. The van der Waals surface area contributed by atoms with Gasteiger partial charge in [-0.05, 0) is 95.1 Å². The molecule has 8 aromatic carbocycles. The minimum Gasteiger partial charge on any atom is -0.313 e. The predicted molar refractivity (Wildman–Crippen MR) is 230 cm³/mol. The van der Waals surface area contributed by atoms with Gasteiger partial charge in [0.15, 0.2) is 0 Å². The predicted octanol–water partition coefficient (Wildman–Crippen LogP) is 14.2. The number of fused-ring (bicyclic) bond motifs is 8. The highest BCUT2D eigenvalue weighted by atomic mass is 32.1. The molecule has 0 radical (unpaired) electrons. The summed E-state index contributed by atoms with van der Waals surface area (Å²) in [4.78, 5) is 2.40. The Hall–Kier alpha value is -6.88. The van der Waals surface area contributed by atoms with Gasteiger partial charge in [0.2, 0.25) is 0 Å². The Bertz CT molecular complexity index is 3290. The Morgan fingerprint density at radius 3 is 2.09 bits per heavy atom. The van der Waals surface area contributed by atoms with Crippen LogP contribution in [0.3, 0.4) is 0 Å². The molecule has 11 aromatic rings. The summed E-state index contributed by atoms with van der Waals surface area (Å²) in [6, 6.07) is 66.8. The van der Waals surface area contributed by atoms with Gasteiger partial charge in [-0.1, -0.05) is 109 Å². The molecule has 0 spiro atoms. The highest BCUT2D eigenvalue weighted by Gasteiger charge is 2.26. The largest absolute Gasteiger partial charge is 0.313 e. The van der Waals surface area contributed by atoms with E-state index in [2.05, 4.69) is 202 Å². The van der Waals surface area contributed by atoms with E-state index in [0.717, 1.165) is 11.4 Å². The molecule has 4 heterocycles. The first-order valence-electron chi connectivity index (χ1n) is 18.4. The van der Waals surface area contributed by atoms with Gasteiger partial charge in [-0.15, -0.1) is 11.3 Å². The fourth-order valence-corrected chi connectivity index (χ4v) is 10.1. The number of rotatable bonds is 4. The van der Waals surface area contributed by atoms with Crippen molar-refractivity contribution >= 4 is 81.3 Å². The van der Waals surface area contributed by atoms with E-state index in [0.29, 0.717) is 0 Å². The number of nitrogens with zero attached hydrogens (tertiary/aromatic N) is 3. The molecule has 1 aliphatic rings. The average molecular weight is 706 g/mol. The molecule has 0 unspecified atom stereocenters. The van der Waals surface area contributed by atoms with Crippen LogP contribution in [0, 0.1) is 0 Å². The Morgan fingerprint density at radius 1 is 0.407 bits per heavy atom. The molecule has 0 fully saturated rings. The van der Waals surface area contributed by atoms with Crippen molar-refractivity contribution in [3.8, 4) is 33.6 Å². The van der Waals surface area contributed by atoms with Crippen LogP contribution in [0.2, 0.25) is 0 Å². The van der Waals surface area contributed by atoms with Crippen molar-refractivity contribution < 1.29 is 0 Å². The molecule has 3 nitrogen and oxygen atoms in total. The van der Waals surface area contributed by atoms with Crippen LogP contribution < -0.4 is 4.90 Å². The third-order valence-electron chi connectivity index (χ3n) is 11.2. The van der Waals surface area contributed by atoms with E-state index >= 15 is 0 Å². The first-order valence-corrected chi connectivity index (χ1v) is 19.2. The number of benzene rings is 8. The molecule has 0 amide bonds. The molecule has 0 N–H and O–H groups in total. The van der Waals surface area contributed by atoms with Crippen LogP contribution in [0.5, 0.6) is 0 Å². The molecule has 0 atom stereocenters. The van der Waals surface area contributed by atoms with Crippen LogP contribution in [-0.4, -0.2) is 9.13 Å².